The van der Waals surface area contributed by atoms with E-state index in [0.717, 1.165) is 23.1 Å². The Hall–Kier alpha value is -4.10. The van der Waals surface area contributed by atoms with Gasteiger partial charge in [0.15, 0.2) is 0 Å². The molecule has 7 nitrogen and oxygen atoms in total. The van der Waals surface area contributed by atoms with Crippen LogP contribution in [0.3, 0.4) is 0 Å². The highest BCUT2D eigenvalue weighted by atomic mass is 16.5. The van der Waals surface area contributed by atoms with E-state index < -0.39 is 17.7 Å². The zero-order chi connectivity index (χ0) is 27.9. The maximum Gasteiger partial charge on any atom is 0.295 e. The Labute approximate surface area is 230 Å². The van der Waals surface area contributed by atoms with Gasteiger partial charge in [0.25, 0.3) is 11.7 Å². The van der Waals surface area contributed by atoms with Crippen LogP contribution >= 0.6 is 0 Å². The molecule has 1 N–H and O–H groups in total. The predicted octanol–water partition coefficient (Wildman–Crippen LogP) is 5.35. The van der Waals surface area contributed by atoms with E-state index in [9.17, 15) is 14.7 Å². The van der Waals surface area contributed by atoms with E-state index in [4.69, 9.17) is 9.47 Å². The summed E-state index contributed by atoms with van der Waals surface area (Å²) in [5, 5.41) is 11.3. The van der Waals surface area contributed by atoms with Crippen LogP contribution < -0.4 is 9.47 Å². The van der Waals surface area contributed by atoms with E-state index in [1.807, 2.05) is 75.3 Å². The third-order valence-corrected chi connectivity index (χ3v) is 6.61. The van der Waals surface area contributed by atoms with Crippen molar-refractivity contribution in [3.8, 4) is 11.5 Å². The first-order valence-electron chi connectivity index (χ1n) is 13.2. The van der Waals surface area contributed by atoms with Crippen molar-refractivity contribution in [2.75, 3.05) is 33.8 Å². The number of likely N-dealkylation sites (tertiary alicyclic amines) is 1. The molecule has 7 heteroatoms. The van der Waals surface area contributed by atoms with Crippen LogP contribution in [0.2, 0.25) is 0 Å². The molecule has 1 unspecified atom stereocenters. The molecule has 1 aliphatic rings. The zero-order valence-electron chi connectivity index (χ0n) is 23.0. The van der Waals surface area contributed by atoms with Gasteiger partial charge in [-0.15, -0.1) is 0 Å². The summed E-state index contributed by atoms with van der Waals surface area (Å²) < 4.78 is 11.6. The summed E-state index contributed by atoms with van der Waals surface area (Å²) in [4.78, 5) is 29.9. The van der Waals surface area contributed by atoms with Gasteiger partial charge in [-0.3, -0.25) is 9.59 Å². The quantitative estimate of drug-likeness (QED) is 0.205. The molecule has 1 saturated heterocycles. The number of ketones is 1. The van der Waals surface area contributed by atoms with Gasteiger partial charge in [-0.1, -0.05) is 48.9 Å². The maximum atomic E-state index is 13.2. The molecule has 0 aliphatic carbocycles. The molecule has 4 rings (SSSR count). The number of nitrogens with zero attached hydrogens (tertiary/aromatic N) is 2. The van der Waals surface area contributed by atoms with E-state index in [1.165, 1.54) is 4.90 Å². The molecule has 39 heavy (non-hydrogen) atoms. The Kier molecular flexibility index (Phi) is 9.04. The molecule has 0 spiro atoms. The summed E-state index contributed by atoms with van der Waals surface area (Å²) in [7, 11) is 3.82. The molecule has 3 aromatic carbocycles. The van der Waals surface area contributed by atoms with Gasteiger partial charge in [0.05, 0.1) is 18.2 Å². The molecule has 1 fully saturated rings. The smallest absolute Gasteiger partial charge is 0.295 e. The normalized spacial score (nSPS) is 16.6. The monoisotopic (exact) mass is 528 g/mol. The van der Waals surface area contributed by atoms with Crippen LogP contribution in [0.25, 0.3) is 5.76 Å². The summed E-state index contributed by atoms with van der Waals surface area (Å²) >= 11 is 0. The standard InChI is InChI=1S/C32H36N2O5/c1-5-19-38-26-13-9-24(10-14-26)29-28(31(36)32(37)34(29)18-17-33(3)4)30(35)25-11-15-27(16-12-25)39-21-23-8-6-7-22(2)20-23/h6-16,20,29,35H,5,17-19,21H2,1-4H3/b30-28+. The number of amides is 1. The first-order valence-corrected chi connectivity index (χ1v) is 13.2. The number of carbonyl (C=O) groups is 2. The summed E-state index contributed by atoms with van der Waals surface area (Å²) in [5.74, 6) is -0.164. The van der Waals surface area contributed by atoms with Crippen LogP contribution in [0.1, 0.15) is 41.6 Å². The van der Waals surface area contributed by atoms with Gasteiger partial charge in [-0.25, -0.2) is 0 Å². The second-order valence-corrected chi connectivity index (χ2v) is 10.0. The Morgan fingerprint density at radius 1 is 0.949 bits per heavy atom. The number of Topliss-reactive ketones (excluding diaryl/α,β-unsaturated/α-hetero) is 1. The molecule has 0 aromatic heterocycles. The second-order valence-electron chi connectivity index (χ2n) is 10.0. The summed E-state index contributed by atoms with van der Waals surface area (Å²) in [6.07, 6.45) is 0.891. The first kappa shape index (κ1) is 27.9. The molecule has 1 amide bonds. The highest BCUT2D eigenvalue weighted by Crippen LogP contribution is 2.40. The van der Waals surface area contributed by atoms with E-state index in [2.05, 4.69) is 6.07 Å². The molecule has 3 aromatic rings. The van der Waals surface area contributed by atoms with Gasteiger partial charge in [-0.2, -0.15) is 0 Å². The third kappa shape index (κ3) is 6.67. The Morgan fingerprint density at radius 2 is 1.62 bits per heavy atom. The minimum atomic E-state index is -0.706. The number of aryl methyl sites for hydroxylation is 1. The summed E-state index contributed by atoms with van der Waals surface area (Å²) in [6, 6.07) is 21.7. The fourth-order valence-corrected chi connectivity index (χ4v) is 4.56. The van der Waals surface area contributed by atoms with Crippen molar-refractivity contribution >= 4 is 17.4 Å². The van der Waals surface area contributed by atoms with Crippen molar-refractivity contribution in [2.24, 2.45) is 0 Å². The van der Waals surface area contributed by atoms with Crippen LogP contribution in [0, 0.1) is 6.92 Å². The first-order chi connectivity index (χ1) is 18.8. The van der Waals surface area contributed by atoms with Gasteiger partial charge in [0.2, 0.25) is 0 Å². The highest BCUT2D eigenvalue weighted by molar-refractivity contribution is 6.46. The number of aliphatic hydroxyl groups is 1. The minimum absolute atomic E-state index is 0.0782. The van der Waals surface area contributed by atoms with Crippen molar-refractivity contribution in [1.29, 1.82) is 0 Å². The lowest BCUT2D eigenvalue weighted by molar-refractivity contribution is -0.140. The Balaban J connectivity index is 1.63. The molecular formula is C32H36N2O5. The second kappa shape index (κ2) is 12.6. The number of ether oxygens (including phenoxy) is 2. The van der Waals surface area contributed by atoms with Crippen LogP contribution in [0.15, 0.2) is 78.4 Å². The van der Waals surface area contributed by atoms with Crippen molar-refractivity contribution in [1.82, 2.24) is 9.80 Å². The van der Waals surface area contributed by atoms with Crippen LogP contribution in [0.5, 0.6) is 11.5 Å². The molecular weight excluding hydrogens is 492 g/mol. The average molecular weight is 529 g/mol. The highest BCUT2D eigenvalue weighted by Gasteiger charge is 2.45. The van der Waals surface area contributed by atoms with Crippen LogP contribution in [0.4, 0.5) is 0 Å². The molecule has 0 bridgehead atoms. The number of rotatable bonds is 11. The molecule has 0 radical (unpaired) electrons. The fraction of sp³-hybridized carbons (Fsp3) is 0.312. The van der Waals surface area contributed by atoms with Gasteiger partial charge in [0.1, 0.15) is 23.9 Å². The van der Waals surface area contributed by atoms with E-state index in [1.54, 1.807) is 24.3 Å². The largest absolute Gasteiger partial charge is 0.507 e. The summed E-state index contributed by atoms with van der Waals surface area (Å²) in [5.41, 5.74) is 3.48. The molecule has 1 aliphatic heterocycles. The van der Waals surface area contributed by atoms with Gasteiger partial charge in [-0.05, 0) is 75.0 Å². The predicted molar refractivity (Wildman–Crippen MR) is 152 cm³/mol. The zero-order valence-corrected chi connectivity index (χ0v) is 23.0. The summed E-state index contributed by atoms with van der Waals surface area (Å²) in [6.45, 7) is 6.02. The van der Waals surface area contributed by atoms with Gasteiger partial charge in [0, 0.05) is 18.7 Å². The molecule has 1 heterocycles. The number of hydrogen-bond donors (Lipinski definition) is 1. The maximum absolute atomic E-state index is 13.2. The fourth-order valence-electron chi connectivity index (χ4n) is 4.56. The molecule has 0 saturated carbocycles. The topological polar surface area (TPSA) is 79.3 Å². The number of benzene rings is 3. The molecule has 1 atom stereocenters. The number of likely N-dealkylation sites (N-methyl/N-ethyl adjacent to an activating group) is 1. The minimum Gasteiger partial charge on any atom is -0.507 e. The van der Waals surface area contributed by atoms with E-state index >= 15 is 0 Å². The lowest BCUT2D eigenvalue weighted by Gasteiger charge is -2.26. The number of aliphatic hydroxyl groups excluding tert-OH is 1. The Morgan fingerprint density at radius 3 is 2.26 bits per heavy atom. The number of carbonyl (C=O) groups excluding carboxylic acids is 2. The van der Waals surface area contributed by atoms with Gasteiger partial charge >= 0.3 is 0 Å². The third-order valence-electron chi connectivity index (χ3n) is 6.61. The van der Waals surface area contributed by atoms with Crippen LogP contribution in [-0.2, 0) is 16.2 Å². The van der Waals surface area contributed by atoms with Crippen molar-refractivity contribution in [2.45, 2.75) is 32.9 Å². The molecule has 204 valence electrons. The Bertz CT molecular complexity index is 1330. The lowest BCUT2D eigenvalue weighted by Crippen LogP contribution is -2.35. The number of hydrogen-bond acceptors (Lipinski definition) is 6. The SMILES string of the molecule is CCCOc1ccc(C2/C(=C(\O)c3ccc(OCc4cccc(C)c4)cc3)C(=O)C(=O)N2CCN(C)C)cc1. The van der Waals surface area contributed by atoms with Crippen molar-refractivity contribution in [3.05, 3.63) is 101 Å². The van der Waals surface area contributed by atoms with Crippen molar-refractivity contribution in [3.63, 3.8) is 0 Å². The van der Waals surface area contributed by atoms with Crippen LogP contribution in [-0.4, -0.2) is 60.4 Å². The average Bonchev–Trinajstić information content (AvgIpc) is 3.19. The van der Waals surface area contributed by atoms with Crippen molar-refractivity contribution < 1.29 is 24.2 Å². The van der Waals surface area contributed by atoms with E-state index in [-0.39, 0.29) is 11.3 Å². The lowest BCUT2D eigenvalue weighted by atomic mass is 9.95. The van der Waals surface area contributed by atoms with Gasteiger partial charge < -0.3 is 24.4 Å². The van der Waals surface area contributed by atoms with E-state index in [0.29, 0.717) is 43.4 Å².